The number of carbonyl (C=O) groups is 2. The van der Waals surface area contributed by atoms with Crippen LogP contribution in [0.2, 0.25) is 0 Å². The number of ether oxygens (including phenoxy) is 1. The molecule has 1 aromatic heterocycles. The van der Waals surface area contributed by atoms with E-state index in [1.54, 1.807) is 19.1 Å². The van der Waals surface area contributed by atoms with Gasteiger partial charge in [-0.25, -0.2) is 4.79 Å². The summed E-state index contributed by atoms with van der Waals surface area (Å²) in [6.07, 6.45) is 1.67. The van der Waals surface area contributed by atoms with E-state index in [1.165, 1.54) is 0 Å². The molecule has 0 unspecified atom stereocenters. The lowest BCUT2D eigenvalue weighted by Crippen LogP contribution is -2.58. The number of amides is 3. The fraction of sp³-hybridized carbons (Fsp3) is 0.444. The van der Waals surface area contributed by atoms with Crippen LogP contribution >= 0.6 is 0 Å². The maximum atomic E-state index is 12.3. The van der Waals surface area contributed by atoms with Gasteiger partial charge in [0.05, 0.1) is 12.6 Å². The predicted octanol–water partition coefficient (Wildman–Crippen LogP) is 1.41. The van der Waals surface area contributed by atoms with Gasteiger partial charge in [0.25, 0.3) is 5.91 Å². The topological polar surface area (TPSA) is 118 Å². The zero-order chi connectivity index (χ0) is 18.8. The summed E-state index contributed by atoms with van der Waals surface area (Å²) in [5.41, 5.74) is 1.48. The number of hydrogen-bond donors (Lipinski definition) is 3. The smallest absolute Gasteiger partial charge is 0.317 e. The second-order valence-electron chi connectivity index (χ2n) is 6.73. The number of urea groups is 1. The molecule has 2 aliphatic rings. The van der Waals surface area contributed by atoms with Gasteiger partial charge in [0, 0.05) is 25.0 Å². The number of carbonyl (C=O) groups excluding carboxylic acids is 2. The Hall–Kier alpha value is -2.94. The van der Waals surface area contributed by atoms with E-state index in [0.717, 1.165) is 18.4 Å². The molecular formula is C18H21N5O4. The minimum absolute atomic E-state index is 0.136. The van der Waals surface area contributed by atoms with Gasteiger partial charge in [0.2, 0.25) is 5.89 Å². The Bertz CT molecular complexity index is 835. The Morgan fingerprint density at radius 2 is 2.11 bits per heavy atom. The minimum atomic E-state index is -0.265. The van der Waals surface area contributed by atoms with E-state index in [0.29, 0.717) is 23.9 Å². The van der Waals surface area contributed by atoms with Gasteiger partial charge in [-0.1, -0.05) is 17.3 Å². The van der Waals surface area contributed by atoms with Crippen LogP contribution < -0.4 is 16.0 Å². The molecule has 2 saturated heterocycles. The number of fused-ring (bicyclic) bond motifs is 1. The van der Waals surface area contributed by atoms with Crippen molar-refractivity contribution >= 4 is 11.9 Å². The second kappa shape index (κ2) is 7.36. The highest BCUT2D eigenvalue weighted by Gasteiger charge is 2.39. The molecule has 2 fully saturated rings. The summed E-state index contributed by atoms with van der Waals surface area (Å²) >= 11 is 0. The summed E-state index contributed by atoms with van der Waals surface area (Å²) in [5.74, 6) is 0.825. The minimum Gasteiger partial charge on any atom is -0.358 e. The number of aryl methyl sites for hydroxylation is 1. The van der Waals surface area contributed by atoms with Crippen LogP contribution in [0.5, 0.6) is 0 Å². The van der Waals surface area contributed by atoms with E-state index in [4.69, 9.17) is 9.26 Å². The van der Waals surface area contributed by atoms with E-state index < -0.39 is 0 Å². The fourth-order valence-corrected chi connectivity index (χ4v) is 3.56. The molecule has 3 N–H and O–H groups in total. The van der Waals surface area contributed by atoms with Crippen molar-refractivity contribution in [2.45, 2.75) is 38.6 Å². The molecule has 3 amide bonds. The van der Waals surface area contributed by atoms with Crippen molar-refractivity contribution in [3.05, 3.63) is 47.1 Å². The average molecular weight is 371 g/mol. The number of aromatic nitrogens is 2. The van der Waals surface area contributed by atoms with E-state index in [-0.39, 0.29) is 36.7 Å². The lowest BCUT2D eigenvalue weighted by atomic mass is 9.85. The Kier molecular flexibility index (Phi) is 4.76. The maximum Gasteiger partial charge on any atom is 0.317 e. The first-order valence-corrected chi connectivity index (χ1v) is 8.96. The molecule has 27 heavy (non-hydrogen) atoms. The molecule has 0 radical (unpaired) electrons. The molecule has 0 spiro atoms. The van der Waals surface area contributed by atoms with Crippen molar-refractivity contribution < 1.29 is 18.8 Å². The van der Waals surface area contributed by atoms with Crippen LogP contribution in [0, 0.1) is 12.8 Å². The third-order valence-corrected chi connectivity index (χ3v) is 4.86. The maximum absolute atomic E-state index is 12.3. The first-order chi connectivity index (χ1) is 13.1. The monoisotopic (exact) mass is 371 g/mol. The van der Waals surface area contributed by atoms with Crippen LogP contribution in [0.15, 0.2) is 28.8 Å². The van der Waals surface area contributed by atoms with Crippen molar-refractivity contribution in [1.29, 1.82) is 0 Å². The molecule has 2 aromatic rings. The van der Waals surface area contributed by atoms with E-state index >= 15 is 0 Å². The average Bonchev–Trinajstić information content (AvgIpc) is 3.11. The first kappa shape index (κ1) is 17.5. The molecular weight excluding hydrogens is 350 g/mol. The SMILES string of the molecule is Cc1nc(CNC(=O)c2ccc([C@@H]3NC(=O)N[C@H]4OCCC[C@H]43)cc2)no1. The number of nitrogens with one attached hydrogen (secondary N) is 3. The van der Waals surface area contributed by atoms with Crippen molar-refractivity contribution in [3.63, 3.8) is 0 Å². The molecule has 9 nitrogen and oxygen atoms in total. The van der Waals surface area contributed by atoms with Gasteiger partial charge in [-0.2, -0.15) is 4.98 Å². The Balaban J connectivity index is 1.43. The molecule has 0 bridgehead atoms. The summed E-state index contributed by atoms with van der Waals surface area (Å²) in [6.45, 7) is 2.55. The number of rotatable bonds is 4. The molecule has 4 rings (SSSR count). The van der Waals surface area contributed by atoms with Crippen LogP contribution in [0.25, 0.3) is 0 Å². The number of benzene rings is 1. The number of hydrogen-bond acceptors (Lipinski definition) is 6. The van der Waals surface area contributed by atoms with Crippen LogP contribution in [0.4, 0.5) is 4.79 Å². The molecule has 2 aliphatic heterocycles. The lowest BCUT2D eigenvalue weighted by molar-refractivity contribution is -0.0602. The normalized spacial score (nSPS) is 24.5. The van der Waals surface area contributed by atoms with Crippen LogP contribution in [-0.2, 0) is 11.3 Å². The van der Waals surface area contributed by atoms with E-state index in [1.807, 2.05) is 12.1 Å². The highest BCUT2D eigenvalue weighted by Crippen LogP contribution is 2.34. The van der Waals surface area contributed by atoms with Gasteiger partial charge >= 0.3 is 6.03 Å². The van der Waals surface area contributed by atoms with Gasteiger partial charge < -0.3 is 25.2 Å². The fourth-order valence-electron chi connectivity index (χ4n) is 3.56. The summed E-state index contributed by atoms with van der Waals surface area (Å²) in [4.78, 5) is 28.3. The predicted molar refractivity (Wildman–Crippen MR) is 93.5 cm³/mol. The molecule has 0 saturated carbocycles. The van der Waals surface area contributed by atoms with Crippen molar-refractivity contribution in [2.24, 2.45) is 5.92 Å². The molecule has 3 heterocycles. The first-order valence-electron chi connectivity index (χ1n) is 8.96. The van der Waals surface area contributed by atoms with Gasteiger partial charge in [-0.05, 0) is 30.5 Å². The number of nitrogens with zero attached hydrogens (tertiary/aromatic N) is 2. The summed E-state index contributed by atoms with van der Waals surface area (Å²) < 4.78 is 10.6. The zero-order valence-electron chi connectivity index (χ0n) is 14.9. The quantitative estimate of drug-likeness (QED) is 0.748. The van der Waals surface area contributed by atoms with Crippen molar-refractivity contribution in [2.75, 3.05) is 6.61 Å². The summed E-state index contributed by atoms with van der Waals surface area (Å²) in [5, 5.41) is 12.3. The summed E-state index contributed by atoms with van der Waals surface area (Å²) in [7, 11) is 0. The van der Waals surface area contributed by atoms with Gasteiger partial charge in [-0.15, -0.1) is 0 Å². The van der Waals surface area contributed by atoms with Crippen LogP contribution in [0.3, 0.4) is 0 Å². The lowest BCUT2D eigenvalue weighted by Gasteiger charge is -2.41. The second-order valence-corrected chi connectivity index (χ2v) is 6.73. The van der Waals surface area contributed by atoms with Crippen LogP contribution in [0.1, 0.15) is 46.5 Å². The molecule has 9 heteroatoms. The zero-order valence-corrected chi connectivity index (χ0v) is 14.9. The Morgan fingerprint density at radius 3 is 2.85 bits per heavy atom. The van der Waals surface area contributed by atoms with Crippen LogP contribution in [-0.4, -0.2) is 34.9 Å². The molecule has 1 aromatic carbocycles. The summed E-state index contributed by atoms with van der Waals surface area (Å²) in [6, 6.07) is 6.87. The highest BCUT2D eigenvalue weighted by atomic mass is 16.5. The van der Waals surface area contributed by atoms with Gasteiger partial charge in [0.15, 0.2) is 5.82 Å². The Labute approximate surface area is 155 Å². The standard InChI is InChI=1S/C18H21N5O4/c1-10-20-14(23-27-10)9-19-16(24)12-6-4-11(5-7-12)15-13-3-2-8-26-17(13)22-18(25)21-15/h4-7,13,15,17H,2-3,8-9H2,1H3,(H,19,24)(H2,21,22,25)/t13-,15-,17-/m0/s1. The van der Waals surface area contributed by atoms with E-state index in [2.05, 4.69) is 26.1 Å². The van der Waals surface area contributed by atoms with E-state index in [9.17, 15) is 9.59 Å². The van der Waals surface area contributed by atoms with Crippen molar-refractivity contribution in [3.8, 4) is 0 Å². The van der Waals surface area contributed by atoms with Crippen molar-refractivity contribution in [1.82, 2.24) is 26.1 Å². The Morgan fingerprint density at radius 1 is 1.30 bits per heavy atom. The molecule has 3 atom stereocenters. The highest BCUT2D eigenvalue weighted by molar-refractivity contribution is 5.94. The molecule has 142 valence electrons. The van der Waals surface area contributed by atoms with Gasteiger partial charge in [-0.3, -0.25) is 4.79 Å². The third-order valence-electron chi connectivity index (χ3n) is 4.86. The largest absolute Gasteiger partial charge is 0.358 e. The molecule has 0 aliphatic carbocycles. The van der Waals surface area contributed by atoms with Gasteiger partial charge in [0.1, 0.15) is 6.23 Å². The third kappa shape index (κ3) is 3.77.